The molecule has 0 spiro atoms. The Morgan fingerprint density at radius 2 is 1.86 bits per heavy atom. The number of aromatic amines is 2. The highest BCUT2D eigenvalue weighted by atomic mass is 79.9. The van der Waals surface area contributed by atoms with Gasteiger partial charge in [0.05, 0.1) is 22.4 Å². The Hall–Kier alpha value is -2.34. The number of nitrogens with one attached hydrogen (secondary N) is 2. The molecule has 1 heterocycles. The molecular formula is C16H15BrN4O. The van der Waals surface area contributed by atoms with Crippen LogP contribution in [0.4, 0.5) is 11.4 Å². The molecule has 0 fully saturated rings. The Bertz CT molecular complexity index is 908. The van der Waals surface area contributed by atoms with E-state index in [-0.39, 0.29) is 5.69 Å². The number of anilines is 1. The van der Waals surface area contributed by atoms with Gasteiger partial charge in [-0.15, -0.1) is 0 Å². The molecule has 3 aromatic rings. The number of halogens is 1. The number of imidazole rings is 1. The van der Waals surface area contributed by atoms with Crippen LogP contribution >= 0.6 is 15.9 Å². The zero-order chi connectivity index (χ0) is 15.7. The normalized spacial score (nSPS) is 11.4. The molecule has 0 unspecified atom stereocenters. The van der Waals surface area contributed by atoms with E-state index in [1.165, 1.54) is 0 Å². The molecule has 6 heteroatoms. The fourth-order valence-corrected chi connectivity index (χ4v) is 2.97. The molecule has 0 bridgehead atoms. The Balaban J connectivity index is 1.88. The van der Waals surface area contributed by atoms with Crippen LogP contribution in [0.25, 0.3) is 11.0 Å². The Kier molecular flexibility index (Phi) is 3.85. The molecule has 112 valence electrons. The molecule has 5 nitrogen and oxygen atoms in total. The van der Waals surface area contributed by atoms with E-state index < -0.39 is 0 Å². The summed E-state index contributed by atoms with van der Waals surface area (Å²) in [6.45, 7) is 0. The van der Waals surface area contributed by atoms with Crippen LogP contribution in [0.1, 0.15) is 5.56 Å². The second kappa shape index (κ2) is 5.81. The van der Waals surface area contributed by atoms with Crippen LogP contribution in [0.5, 0.6) is 0 Å². The average Bonchev–Trinajstić information content (AvgIpc) is 2.84. The number of aromatic nitrogens is 2. The highest BCUT2D eigenvalue weighted by Crippen LogP contribution is 2.25. The van der Waals surface area contributed by atoms with Crippen molar-refractivity contribution < 1.29 is 0 Å². The summed E-state index contributed by atoms with van der Waals surface area (Å²) in [5.74, 6) is 0. The lowest BCUT2D eigenvalue weighted by atomic mass is 10.2. The molecule has 0 saturated carbocycles. The van der Waals surface area contributed by atoms with Crippen molar-refractivity contribution in [3.8, 4) is 0 Å². The number of aliphatic imine (C=N–C) groups is 1. The molecule has 0 atom stereocenters. The van der Waals surface area contributed by atoms with E-state index in [0.29, 0.717) is 0 Å². The average molecular weight is 359 g/mol. The van der Waals surface area contributed by atoms with Crippen molar-refractivity contribution in [1.82, 2.24) is 9.97 Å². The van der Waals surface area contributed by atoms with Crippen molar-refractivity contribution in [1.29, 1.82) is 0 Å². The topological polar surface area (TPSA) is 64.2 Å². The molecule has 2 aromatic carbocycles. The number of fused-ring (bicyclic) bond motifs is 1. The van der Waals surface area contributed by atoms with Gasteiger partial charge in [0.15, 0.2) is 0 Å². The molecule has 0 saturated heterocycles. The summed E-state index contributed by atoms with van der Waals surface area (Å²) in [4.78, 5) is 23.2. The quantitative estimate of drug-likeness (QED) is 0.704. The summed E-state index contributed by atoms with van der Waals surface area (Å²) in [5.41, 5.74) is 4.23. The summed E-state index contributed by atoms with van der Waals surface area (Å²) >= 11 is 3.56. The number of hydrogen-bond acceptors (Lipinski definition) is 3. The van der Waals surface area contributed by atoms with Crippen LogP contribution < -0.4 is 10.6 Å². The lowest BCUT2D eigenvalue weighted by Gasteiger charge is -2.14. The largest absolute Gasteiger partial charge is 0.377 e. The number of rotatable bonds is 3. The molecule has 22 heavy (non-hydrogen) atoms. The molecule has 0 aliphatic carbocycles. The zero-order valence-corrected chi connectivity index (χ0v) is 13.8. The van der Waals surface area contributed by atoms with Crippen molar-refractivity contribution in [2.75, 3.05) is 19.0 Å². The van der Waals surface area contributed by atoms with Gasteiger partial charge in [0.25, 0.3) is 0 Å². The maximum absolute atomic E-state index is 11.2. The van der Waals surface area contributed by atoms with Crippen LogP contribution in [0.3, 0.4) is 0 Å². The van der Waals surface area contributed by atoms with Gasteiger partial charge in [0.2, 0.25) is 0 Å². The third-order valence-electron chi connectivity index (χ3n) is 3.32. The van der Waals surface area contributed by atoms with Crippen molar-refractivity contribution in [2.24, 2.45) is 4.99 Å². The fraction of sp³-hybridized carbons (Fsp3) is 0.125. The first-order valence-corrected chi connectivity index (χ1v) is 7.55. The summed E-state index contributed by atoms with van der Waals surface area (Å²) in [7, 11) is 4.00. The van der Waals surface area contributed by atoms with Gasteiger partial charge in [0.1, 0.15) is 0 Å². The van der Waals surface area contributed by atoms with Gasteiger partial charge >= 0.3 is 5.69 Å². The van der Waals surface area contributed by atoms with E-state index in [1.807, 2.05) is 55.4 Å². The lowest BCUT2D eigenvalue weighted by molar-refractivity contribution is 1.12. The maximum Gasteiger partial charge on any atom is 0.323 e. The van der Waals surface area contributed by atoms with Crippen LogP contribution in [-0.4, -0.2) is 30.3 Å². The molecule has 3 rings (SSSR count). The molecule has 1 aromatic heterocycles. The summed E-state index contributed by atoms with van der Waals surface area (Å²) < 4.78 is 1.02. The minimum atomic E-state index is -0.209. The minimum absolute atomic E-state index is 0.209. The highest BCUT2D eigenvalue weighted by Gasteiger charge is 2.02. The minimum Gasteiger partial charge on any atom is -0.377 e. The molecule has 0 aliphatic heterocycles. The fourth-order valence-electron chi connectivity index (χ4n) is 2.22. The van der Waals surface area contributed by atoms with Crippen molar-refractivity contribution in [2.45, 2.75) is 0 Å². The number of hydrogen-bond donors (Lipinski definition) is 2. The number of nitrogens with zero attached hydrogens (tertiary/aromatic N) is 2. The van der Waals surface area contributed by atoms with Gasteiger partial charge in [-0.2, -0.15) is 0 Å². The van der Waals surface area contributed by atoms with Gasteiger partial charge in [0, 0.05) is 24.8 Å². The number of benzene rings is 2. The predicted octanol–water partition coefficient (Wildman–Crippen LogP) is 3.44. The van der Waals surface area contributed by atoms with Crippen LogP contribution in [0, 0.1) is 0 Å². The van der Waals surface area contributed by atoms with Gasteiger partial charge in [-0.05, 0) is 51.8 Å². The van der Waals surface area contributed by atoms with Crippen molar-refractivity contribution in [3.05, 3.63) is 56.9 Å². The highest BCUT2D eigenvalue weighted by molar-refractivity contribution is 9.10. The molecule has 0 radical (unpaired) electrons. The van der Waals surface area contributed by atoms with Crippen LogP contribution in [0.15, 0.2) is 50.7 Å². The monoisotopic (exact) mass is 358 g/mol. The second-order valence-corrected chi connectivity index (χ2v) is 6.03. The standard InChI is InChI=1S/C16H15BrN4O/c1-21(2)15-6-3-10(7-12(15)17)9-18-11-4-5-13-14(8-11)20-16(22)19-13/h3-9H,1-2H3,(H2,19,20,22). The maximum atomic E-state index is 11.2. The molecule has 0 aliphatic rings. The first-order valence-electron chi connectivity index (χ1n) is 6.76. The van der Waals surface area contributed by atoms with E-state index in [1.54, 1.807) is 6.21 Å². The van der Waals surface area contributed by atoms with Gasteiger partial charge in [-0.25, -0.2) is 4.79 Å². The van der Waals surface area contributed by atoms with Crippen LogP contribution in [0.2, 0.25) is 0 Å². The summed E-state index contributed by atoms with van der Waals surface area (Å²) in [6.07, 6.45) is 1.80. The lowest BCUT2D eigenvalue weighted by Crippen LogP contribution is -2.09. The van der Waals surface area contributed by atoms with Crippen LogP contribution in [-0.2, 0) is 0 Å². The first kappa shape index (κ1) is 14.6. The smallest absolute Gasteiger partial charge is 0.323 e. The zero-order valence-electron chi connectivity index (χ0n) is 12.2. The van der Waals surface area contributed by atoms with Gasteiger partial charge in [-0.1, -0.05) is 6.07 Å². The van der Waals surface area contributed by atoms with Crippen molar-refractivity contribution in [3.63, 3.8) is 0 Å². The van der Waals surface area contributed by atoms with E-state index >= 15 is 0 Å². The van der Waals surface area contributed by atoms with E-state index in [4.69, 9.17) is 0 Å². The third kappa shape index (κ3) is 2.96. The number of H-pyrrole nitrogens is 2. The van der Waals surface area contributed by atoms with E-state index in [9.17, 15) is 4.79 Å². The summed E-state index contributed by atoms with van der Waals surface area (Å²) in [6, 6.07) is 11.6. The molecule has 2 N–H and O–H groups in total. The van der Waals surface area contributed by atoms with E-state index in [0.717, 1.165) is 32.4 Å². The Morgan fingerprint density at radius 1 is 1.09 bits per heavy atom. The second-order valence-electron chi connectivity index (χ2n) is 5.17. The predicted molar refractivity (Wildman–Crippen MR) is 94.6 cm³/mol. The SMILES string of the molecule is CN(C)c1ccc(C=Nc2ccc3[nH]c(=O)[nH]c3c2)cc1Br. The van der Waals surface area contributed by atoms with Crippen molar-refractivity contribution >= 4 is 44.6 Å². The Labute approximate surface area is 135 Å². The Morgan fingerprint density at radius 3 is 2.59 bits per heavy atom. The summed E-state index contributed by atoms with van der Waals surface area (Å²) in [5, 5.41) is 0. The first-order chi connectivity index (χ1) is 10.5. The van der Waals surface area contributed by atoms with Gasteiger partial charge in [-0.3, -0.25) is 4.99 Å². The third-order valence-corrected chi connectivity index (χ3v) is 3.95. The molecule has 0 amide bonds. The van der Waals surface area contributed by atoms with Gasteiger partial charge < -0.3 is 14.9 Å². The molecular weight excluding hydrogens is 344 g/mol. The van der Waals surface area contributed by atoms with E-state index in [2.05, 4.69) is 30.9 Å².